The molecule has 1 atom stereocenters. The van der Waals surface area contributed by atoms with Gasteiger partial charge in [0.2, 0.25) is 17.7 Å². The van der Waals surface area contributed by atoms with Gasteiger partial charge in [-0.1, -0.05) is 23.7 Å². The van der Waals surface area contributed by atoms with E-state index in [2.05, 4.69) is 15.5 Å². The topological polar surface area (TPSA) is 160 Å². The standard InChI is InChI=1S/C20H11ClN6O4/c21-10-3-1-9(2-4-10)16-15-18(26-25-16)31-17(23)13(8-22)20(15)12-7-11(27(29)30)5-6-14(12)24-19(20)28/h1-7H,23H2,(H,24,28)(H,25,26). The van der Waals surface area contributed by atoms with E-state index < -0.39 is 16.2 Å². The maximum absolute atomic E-state index is 13.5. The molecule has 3 aromatic rings. The number of H-pyrrole nitrogens is 1. The number of aromatic nitrogens is 2. The van der Waals surface area contributed by atoms with Crippen LogP contribution in [0.1, 0.15) is 11.1 Å². The molecule has 1 unspecified atom stereocenters. The molecule has 0 fully saturated rings. The molecule has 1 aromatic heterocycles. The molecule has 2 aliphatic heterocycles. The zero-order valence-corrected chi connectivity index (χ0v) is 16.2. The Morgan fingerprint density at radius 3 is 2.68 bits per heavy atom. The van der Waals surface area contributed by atoms with E-state index in [-0.39, 0.29) is 34.2 Å². The minimum atomic E-state index is -1.78. The van der Waals surface area contributed by atoms with Gasteiger partial charge in [0.1, 0.15) is 17.1 Å². The number of hydrogen-bond donors (Lipinski definition) is 3. The summed E-state index contributed by atoms with van der Waals surface area (Å²) in [5.41, 5.74) is 5.57. The molecule has 0 radical (unpaired) electrons. The van der Waals surface area contributed by atoms with Gasteiger partial charge >= 0.3 is 0 Å². The normalized spacial score (nSPS) is 18.8. The second kappa shape index (κ2) is 6.32. The molecule has 0 bridgehead atoms. The first-order chi connectivity index (χ1) is 14.9. The lowest BCUT2D eigenvalue weighted by molar-refractivity contribution is -0.384. The van der Waals surface area contributed by atoms with Crippen molar-refractivity contribution >= 4 is 28.9 Å². The summed E-state index contributed by atoms with van der Waals surface area (Å²) in [6, 6.07) is 12.6. The summed E-state index contributed by atoms with van der Waals surface area (Å²) in [7, 11) is 0. The van der Waals surface area contributed by atoms with Gasteiger partial charge in [-0.25, -0.2) is 0 Å². The van der Waals surface area contributed by atoms with Gasteiger partial charge in [0.15, 0.2) is 0 Å². The fourth-order valence-electron chi connectivity index (χ4n) is 4.08. The number of benzene rings is 2. The molecule has 2 aromatic carbocycles. The van der Waals surface area contributed by atoms with Crippen LogP contribution >= 0.6 is 11.6 Å². The van der Waals surface area contributed by atoms with E-state index in [0.29, 0.717) is 22.0 Å². The van der Waals surface area contributed by atoms with Crippen molar-refractivity contribution in [3.63, 3.8) is 0 Å². The Morgan fingerprint density at radius 2 is 2.00 bits per heavy atom. The van der Waals surface area contributed by atoms with E-state index in [9.17, 15) is 20.2 Å². The molecule has 11 heteroatoms. The van der Waals surface area contributed by atoms with Gasteiger partial charge in [-0.05, 0) is 18.2 Å². The number of rotatable bonds is 2. The van der Waals surface area contributed by atoms with Crippen LogP contribution in [0.25, 0.3) is 11.3 Å². The lowest BCUT2D eigenvalue weighted by Crippen LogP contribution is -2.42. The van der Waals surface area contributed by atoms with Crippen LogP contribution < -0.4 is 15.8 Å². The highest BCUT2D eigenvalue weighted by Gasteiger charge is 2.59. The molecular weight excluding hydrogens is 424 g/mol. The summed E-state index contributed by atoms with van der Waals surface area (Å²) in [5.74, 6) is -0.904. The number of aromatic amines is 1. The monoisotopic (exact) mass is 434 g/mol. The van der Waals surface area contributed by atoms with Crippen molar-refractivity contribution in [1.29, 1.82) is 5.26 Å². The number of ether oxygens (including phenoxy) is 1. The van der Waals surface area contributed by atoms with E-state index in [1.54, 1.807) is 24.3 Å². The Balaban J connectivity index is 1.89. The van der Waals surface area contributed by atoms with Crippen LogP contribution in [0.5, 0.6) is 5.88 Å². The third kappa shape index (κ3) is 2.38. The molecule has 5 rings (SSSR count). The Bertz CT molecular complexity index is 1370. The van der Waals surface area contributed by atoms with Crippen LogP contribution in [0.15, 0.2) is 53.9 Å². The first-order valence-corrected chi connectivity index (χ1v) is 9.29. The third-order valence-electron chi connectivity index (χ3n) is 5.39. The number of nitro benzene ring substituents is 1. The highest BCUT2D eigenvalue weighted by Crippen LogP contribution is 2.55. The van der Waals surface area contributed by atoms with Gasteiger partial charge in [-0.3, -0.25) is 20.0 Å². The van der Waals surface area contributed by atoms with Crippen LogP contribution in [-0.2, 0) is 10.2 Å². The fourth-order valence-corrected chi connectivity index (χ4v) is 4.20. The predicted octanol–water partition coefficient (Wildman–Crippen LogP) is 2.96. The van der Waals surface area contributed by atoms with Crippen molar-refractivity contribution < 1.29 is 14.5 Å². The summed E-state index contributed by atoms with van der Waals surface area (Å²) in [4.78, 5) is 24.3. The van der Waals surface area contributed by atoms with Gasteiger partial charge < -0.3 is 15.8 Å². The van der Waals surface area contributed by atoms with Crippen molar-refractivity contribution in [2.45, 2.75) is 5.41 Å². The summed E-state index contributed by atoms with van der Waals surface area (Å²) in [5, 5.41) is 31.6. The van der Waals surface area contributed by atoms with Gasteiger partial charge in [0.05, 0.1) is 16.2 Å². The number of amides is 1. The number of anilines is 1. The zero-order valence-electron chi connectivity index (χ0n) is 15.5. The Kier molecular flexibility index (Phi) is 3.80. The molecule has 10 nitrogen and oxygen atoms in total. The molecule has 3 heterocycles. The molecule has 152 valence electrons. The largest absolute Gasteiger partial charge is 0.420 e. The second-order valence-electron chi connectivity index (χ2n) is 6.93. The number of nitrogens with two attached hydrogens (primary N) is 1. The number of nitrogens with zero attached hydrogens (tertiary/aromatic N) is 3. The van der Waals surface area contributed by atoms with Crippen molar-refractivity contribution in [2.24, 2.45) is 5.73 Å². The average Bonchev–Trinajstić information content (AvgIpc) is 3.28. The highest BCUT2D eigenvalue weighted by molar-refractivity contribution is 6.30. The van der Waals surface area contributed by atoms with Crippen molar-refractivity contribution in [2.75, 3.05) is 5.32 Å². The maximum atomic E-state index is 13.5. The average molecular weight is 435 g/mol. The van der Waals surface area contributed by atoms with E-state index in [1.165, 1.54) is 18.2 Å². The number of non-ortho nitro benzene ring substituents is 1. The summed E-state index contributed by atoms with van der Waals surface area (Å²) >= 11 is 5.99. The van der Waals surface area contributed by atoms with E-state index in [4.69, 9.17) is 22.1 Å². The first kappa shape index (κ1) is 18.7. The number of hydrogen-bond acceptors (Lipinski definition) is 7. The van der Waals surface area contributed by atoms with Gasteiger partial charge in [-0.2, -0.15) is 5.26 Å². The SMILES string of the molecule is N#CC1=C(N)Oc2n[nH]c(-c3ccc(Cl)cc3)c2C12C(=O)Nc1ccc([N+](=O)[O-])cc12. The number of halogens is 1. The smallest absolute Gasteiger partial charge is 0.269 e. The van der Waals surface area contributed by atoms with Crippen LogP contribution in [0.4, 0.5) is 11.4 Å². The minimum absolute atomic E-state index is 0.00374. The van der Waals surface area contributed by atoms with E-state index in [1.807, 2.05) is 6.07 Å². The molecule has 0 saturated heterocycles. The van der Waals surface area contributed by atoms with Crippen LogP contribution in [0.3, 0.4) is 0 Å². The summed E-state index contributed by atoms with van der Waals surface area (Å²) < 4.78 is 5.54. The number of carbonyl (C=O) groups excluding carboxylic acids is 1. The Labute approximate surface area is 179 Å². The van der Waals surface area contributed by atoms with Crippen molar-refractivity contribution in [1.82, 2.24) is 10.2 Å². The molecular formula is C20H11ClN6O4. The van der Waals surface area contributed by atoms with Crippen LogP contribution in [-0.4, -0.2) is 21.0 Å². The lowest BCUT2D eigenvalue weighted by Gasteiger charge is -2.31. The quantitative estimate of drug-likeness (QED) is 0.412. The van der Waals surface area contributed by atoms with Gasteiger partial charge in [0.25, 0.3) is 5.69 Å². The maximum Gasteiger partial charge on any atom is 0.269 e. The lowest BCUT2D eigenvalue weighted by atomic mass is 9.68. The van der Waals surface area contributed by atoms with Gasteiger partial charge in [0, 0.05) is 34.0 Å². The van der Waals surface area contributed by atoms with Crippen LogP contribution in [0.2, 0.25) is 5.02 Å². The summed E-state index contributed by atoms with van der Waals surface area (Å²) in [6.07, 6.45) is 0. The third-order valence-corrected chi connectivity index (χ3v) is 5.64. The van der Waals surface area contributed by atoms with Gasteiger partial charge in [-0.15, -0.1) is 5.10 Å². The molecule has 0 aliphatic carbocycles. The van der Waals surface area contributed by atoms with E-state index >= 15 is 0 Å². The summed E-state index contributed by atoms with van der Waals surface area (Å²) in [6.45, 7) is 0. The number of carbonyl (C=O) groups is 1. The minimum Gasteiger partial charge on any atom is -0.420 e. The molecule has 4 N–H and O–H groups in total. The fraction of sp³-hybridized carbons (Fsp3) is 0.0500. The number of nitriles is 1. The molecule has 1 spiro atoms. The Hall–Kier alpha value is -4.36. The van der Waals surface area contributed by atoms with E-state index in [0.717, 1.165) is 0 Å². The molecule has 0 saturated carbocycles. The molecule has 31 heavy (non-hydrogen) atoms. The molecule has 1 amide bonds. The number of nitro groups is 1. The molecule has 2 aliphatic rings. The highest BCUT2D eigenvalue weighted by atomic mass is 35.5. The number of nitrogens with one attached hydrogen (secondary N) is 2. The second-order valence-corrected chi connectivity index (χ2v) is 7.37. The van der Waals surface area contributed by atoms with Crippen LogP contribution in [0, 0.1) is 21.4 Å². The van der Waals surface area contributed by atoms with Crippen molar-refractivity contribution in [3.05, 3.63) is 80.2 Å². The Morgan fingerprint density at radius 1 is 1.26 bits per heavy atom. The zero-order chi connectivity index (χ0) is 21.9. The van der Waals surface area contributed by atoms with Crippen molar-refractivity contribution in [3.8, 4) is 23.2 Å². The predicted molar refractivity (Wildman–Crippen MR) is 109 cm³/mol. The first-order valence-electron chi connectivity index (χ1n) is 8.91. The number of fused-ring (bicyclic) bond motifs is 4.